The van der Waals surface area contributed by atoms with Crippen LogP contribution in [0.3, 0.4) is 0 Å². The van der Waals surface area contributed by atoms with Crippen LogP contribution in [0.25, 0.3) is 0 Å². The normalized spacial score (nSPS) is 10.5. The van der Waals surface area contributed by atoms with E-state index < -0.39 is 11.2 Å². The predicted octanol–water partition coefficient (Wildman–Crippen LogP) is -0.201. The van der Waals surface area contributed by atoms with E-state index in [9.17, 15) is 14.4 Å². The van der Waals surface area contributed by atoms with E-state index in [0.717, 1.165) is 4.57 Å². The highest BCUT2D eigenvalue weighted by Crippen LogP contribution is 2.04. The van der Waals surface area contributed by atoms with Gasteiger partial charge in [0.15, 0.2) is 0 Å². The Morgan fingerprint density at radius 2 is 2.10 bits per heavy atom. The molecule has 0 unspecified atom stereocenters. The molecular formula is C13H15N3O4. The lowest BCUT2D eigenvalue weighted by atomic mass is 10.4. The molecule has 0 radical (unpaired) electrons. The zero-order chi connectivity index (χ0) is 14.7. The molecule has 2 aromatic rings. The van der Waals surface area contributed by atoms with Crippen LogP contribution in [0.4, 0.5) is 0 Å². The summed E-state index contributed by atoms with van der Waals surface area (Å²) in [6, 6.07) is 4.76. The van der Waals surface area contributed by atoms with Gasteiger partial charge in [-0.25, -0.2) is 4.79 Å². The van der Waals surface area contributed by atoms with Crippen LogP contribution in [-0.2, 0) is 24.9 Å². The molecule has 0 aliphatic heterocycles. The first kappa shape index (κ1) is 13.9. The van der Waals surface area contributed by atoms with E-state index in [1.807, 2.05) is 0 Å². The third kappa shape index (κ3) is 2.87. The van der Waals surface area contributed by atoms with Crippen molar-refractivity contribution in [1.29, 1.82) is 0 Å². The molecule has 1 amide bonds. The number of carbonyl (C=O) groups is 1. The van der Waals surface area contributed by atoms with Gasteiger partial charge in [-0.1, -0.05) is 0 Å². The fraction of sp³-hybridized carbons (Fsp3) is 0.308. The molecule has 0 fully saturated rings. The van der Waals surface area contributed by atoms with Gasteiger partial charge < -0.3 is 9.32 Å². The van der Waals surface area contributed by atoms with Crippen molar-refractivity contribution in [3.8, 4) is 0 Å². The van der Waals surface area contributed by atoms with Crippen LogP contribution in [0.5, 0.6) is 0 Å². The summed E-state index contributed by atoms with van der Waals surface area (Å²) in [5.41, 5.74) is -0.917. The molecule has 0 aliphatic carbocycles. The maximum absolute atomic E-state index is 12.0. The topological polar surface area (TPSA) is 77.5 Å². The first-order chi connectivity index (χ1) is 9.49. The number of rotatable bonds is 4. The van der Waals surface area contributed by atoms with Crippen molar-refractivity contribution >= 4 is 5.91 Å². The molecule has 2 rings (SSSR count). The molecule has 7 heteroatoms. The first-order valence-electron chi connectivity index (χ1n) is 6.02. The van der Waals surface area contributed by atoms with Crippen molar-refractivity contribution in [1.82, 2.24) is 14.0 Å². The lowest BCUT2D eigenvalue weighted by Gasteiger charge is -2.16. The summed E-state index contributed by atoms with van der Waals surface area (Å²) in [5, 5.41) is 0. The van der Waals surface area contributed by atoms with Crippen molar-refractivity contribution in [3.05, 3.63) is 57.3 Å². The van der Waals surface area contributed by atoms with Gasteiger partial charge in [-0.2, -0.15) is 0 Å². The number of aromatic nitrogens is 2. The number of nitrogens with zero attached hydrogens (tertiary/aromatic N) is 3. The largest absolute Gasteiger partial charge is 0.467 e. The van der Waals surface area contributed by atoms with E-state index in [-0.39, 0.29) is 12.5 Å². The SMILES string of the molecule is CN(Cc1ccco1)C(=O)Cn1ccc(=O)n(C)c1=O. The minimum Gasteiger partial charge on any atom is -0.467 e. The van der Waals surface area contributed by atoms with Gasteiger partial charge in [0.1, 0.15) is 12.3 Å². The van der Waals surface area contributed by atoms with Crippen LogP contribution in [-0.4, -0.2) is 27.0 Å². The van der Waals surface area contributed by atoms with E-state index in [4.69, 9.17) is 4.42 Å². The quantitative estimate of drug-likeness (QED) is 0.775. The number of hydrogen-bond acceptors (Lipinski definition) is 4. The van der Waals surface area contributed by atoms with E-state index in [1.165, 1.54) is 35.0 Å². The van der Waals surface area contributed by atoms with Crippen molar-refractivity contribution in [3.63, 3.8) is 0 Å². The lowest BCUT2D eigenvalue weighted by molar-refractivity contribution is -0.131. The van der Waals surface area contributed by atoms with Crippen molar-refractivity contribution in [2.24, 2.45) is 7.05 Å². The second-order valence-electron chi connectivity index (χ2n) is 4.45. The summed E-state index contributed by atoms with van der Waals surface area (Å²) in [6.45, 7) is 0.205. The molecule has 0 aromatic carbocycles. The van der Waals surface area contributed by atoms with Gasteiger partial charge in [-0.3, -0.25) is 18.7 Å². The van der Waals surface area contributed by atoms with Gasteiger partial charge in [0.05, 0.1) is 12.8 Å². The average molecular weight is 277 g/mol. The van der Waals surface area contributed by atoms with Crippen molar-refractivity contribution < 1.29 is 9.21 Å². The highest BCUT2D eigenvalue weighted by molar-refractivity contribution is 5.75. The monoisotopic (exact) mass is 277 g/mol. The van der Waals surface area contributed by atoms with Gasteiger partial charge in [0.2, 0.25) is 5.91 Å². The minimum absolute atomic E-state index is 0.121. The number of hydrogen-bond donors (Lipinski definition) is 0. The number of carbonyl (C=O) groups excluding carboxylic acids is 1. The zero-order valence-electron chi connectivity index (χ0n) is 11.3. The second-order valence-corrected chi connectivity index (χ2v) is 4.45. The minimum atomic E-state index is -0.516. The molecule has 7 nitrogen and oxygen atoms in total. The van der Waals surface area contributed by atoms with Crippen LogP contribution in [0.1, 0.15) is 5.76 Å². The Hall–Kier alpha value is -2.57. The van der Waals surface area contributed by atoms with Crippen LogP contribution in [0.2, 0.25) is 0 Å². The highest BCUT2D eigenvalue weighted by atomic mass is 16.3. The van der Waals surface area contributed by atoms with Gasteiger partial charge >= 0.3 is 5.69 Å². The van der Waals surface area contributed by atoms with Crippen LogP contribution in [0.15, 0.2) is 44.7 Å². The molecule has 0 atom stereocenters. The molecule has 0 bridgehead atoms. The Morgan fingerprint density at radius 3 is 2.75 bits per heavy atom. The molecule has 0 saturated heterocycles. The lowest BCUT2D eigenvalue weighted by Crippen LogP contribution is -2.40. The summed E-state index contributed by atoms with van der Waals surface area (Å²) >= 11 is 0. The van der Waals surface area contributed by atoms with E-state index in [2.05, 4.69) is 0 Å². The second kappa shape index (κ2) is 5.60. The van der Waals surface area contributed by atoms with Crippen LogP contribution < -0.4 is 11.2 Å². The number of furan rings is 1. The number of amides is 1. The predicted molar refractivity (Wildman–Crippen MR) is 71.1 cm³/mol. The smallest absolute Gasteiger partial charge is 0.331 e. The summed E-state index contributed by atoms with van der Waals surface area (Å²) in [4.78, 5) is 36.5. The van der Waals surface area contributed by atoms with E-state index >= 15 is 0 Å². The molecular weight excluding hydrogens is 262 g/mol. The summed E-state index contributed by atoms with van der Waals surface area (Å²) in [5.74, 6) is 0.413. The molecule has 0 N–H and O–H groups in total. The maximum atomic E-state index is 12.0. The first-order valence-corrected chi connectivity index (χ1v) is 6.02. The fourth-order valence-electron chi connectivity index (χ4n) is 1.73. The Labute approximate surface area is 114 Å². The molecule has 0 spiro atoms. The molecule has 106 valence electrons. The summed E-state index contributed by atoms with van der Waals surface area (Å²) < 4.78 is 7.31. The van der Waals surface area contributed by atoms with Crippen molar-refractivity contribution in [2.45, 2.75) is 13.1 Å². The maximum Gasteiger partial charge on any atom is 0.331 e. The summed E-state index contributed by atoms with van der Waals surface area (Å²) in [6.07, 6.45) is 2.86. The third-order valence-corrected chi connectivity index (χ3v) is 2.96. The zero-order valence-corrected chi connectivity index (χ0v) is 11.3. The number of likely N-dealkylation sites (N-methyl/N-ethyl adjacent to an activating group) is 1. The molecule has 2 heterocycles. The Morgan fingerprint density at radius 1 is 1.35 bits per heavy atom. The molecule has 2 aromatic heterocycles. The molecule has 0 aliphatic rings. The molecule has 0 saturated carbocycles. The standard InChI is InChI=1S/C13H15N3O4/c1-14(8-10-4-3-7-20-10)12(18)9-16-6-5-11(17)15(2)13(16)19/h3-7H,8-9H2,1-2H3. The van der Waals surface area contributed by atoms with Gasteiger partial charge in [0, 0.05) is 26.4 Å². The third-order valence-electron chi connectivity index (χ3n) is 2.96. The average Bonchev–Trinajstić information content (AvgIpc) is 2.92. The van der Waals surface area contributed by atoms with Gasteiger partial charge in [0.25, 0.3) is 5.56 Å². The Bertz CT molecular complexity index is 712. The van der Waals surface area contributed by atoms with E-state index in [1.54, 1.807) is 19.2 Å². The Kier molecular flexibility index (Phi) is 3.88. The molecule has 20 heavy (non-hydrogen) atoms. The van der Waals surface area contributed by atoms with Gasteiger partial charge in [-0.15, -0.1) is 0 Å². The van der Waals surface area contributed by atoms with Crippen LogP contribution >= 0.6 is 0 Å². The van der Waals surface area contributed by atoms with Crippen LogP contribution in [0, 0.1) is 0 Å². The van der Waals surface area contributed by atoms with E-state index in [0.29, 0.717) is 12.3 Å². The Balaban J connectivity index is 2.10. The van der Waals surface area contributed by atoms with Gasteiger partial charge in [-0.05, 0) is 12.1 Å². The summed E-state index contributed by atoms with van der Waals surface area (Å²) in [7, 11) is 3.00. The highest BCUT2D eigenvalue weighted by Gasteiger charge is 2.12. The van der Waals surface area contributed by atoms with Crippen molar-refractivity contribution in [2.75, 3.05) is 7.05 Å². The fourth-order valence-corrected chi connectivity index (χ4v) is 1.73.